The standard InChI is InChI=1S/C16H24N4S/c1-5-20(11-12-8-6-7-9-18-12)15-19-14(16(2,3)4)13(10-17)21-15/h6-9H,5,10-11,17H2,1-4H3. The van der Waals surface area contributed by atoms with E-state index in [1.54, 1.807) is 11.3 Å². The van der Waals surface area contributed by atoms with Crippen LogP contribution in [0, 0.1) is 0 Å². The van der Waals surface area contributed by atoms with Crippen LogP contribution in [-0.4, -0.2) is 16.5 Å². The van der Waals surface area contributed by atoms with Crippen LogP contribution in [0.3, 0.4) is 0 Å². The van der Waals surface area contributed by atoms with Crippen molar-refractivity contribution in [2.75, 3.05) is 11.4 Å². The van der Waals surface area contributed by atoms with Gasteiger partial charge in [-0.05, 0) is 19.1 Å². The third kappa shape index (κ3) is 3.80. The fraction of sp³-hybridized carbons (Fsp3) is 0.500. The normalized spacial score (nSPS) is 11.7. The molecule has 0 unspecified atom stereocenters. The van der Waals surface area contributed by atoms with Gasteiger partial charge in [-0.2, -0.15) is 0 Å². The Morgan fingerprint density at radius 1 is 1.29 bits per heavy atom. The van der Waals surface area contributed by atoms with Crippen LogP contribution in [0.2, 0.25) is 0 Å². The van der Waals surface area contributed by atoms with Gasteiger partial charge in [0.2, 0.25) is 0 Å². The van der Waals surface area contributed by atoms with Gasteiger partial charge in [0, 0.05) is 29.6 Å². The Bertz CT molecular complexity index is 572. The first-order chi connectivity index (χ1) is 9.95. The van der Waals surface area contributed by atoms with Crippen molar-refractivity contribution in [3.05, 3.63) is 40.7 Å². The summed E-state index contributed by atoms with van der Waals surface area (Å²) in [5.41, 5.74) is 8.09. The lowest BCUT2D eigenvalue weighted by molar-refractivity contribution is 0.565. The van der Waals surface area contributed by atoms with Crippen molar-refractivity contribution in [2.45, 2.75) is 46.2 Å². The van der Waals surface area contributed by atoms with Crippen molar-refractivity contribution < 1.29 is 0 Å². The molecule has 0 aromatic carbocycles. The first-order valence-electron chi connectivity index (χ1n) is 7.30. The molecule has 4 nitrogen and oxygen atoms in total. The fourth-order valence-corrected chi connectivity index (χ4v) is 3.41. The lowest BCUT2D eigenvalue weighted by atomic mass is 9.91. The Balaban J connectivity index is 2.28. The summed E-state index contributed by atoms with van der Waals surface area (Å²) in [6, 6.07) is 6.00. The molecule has 0 saturated carbocycles. The van der Waals surface area contributed by atoms with Crippen molar-refractivity contribution in [3.63, 3.8) is 0 Å². The largest absolute Gasteiger partial charge is 0.342 e. The van der Waals surface area contributed by atoms with Crippen molar-refractivity contribution in [1.29, 1.82) is 0 Å². The van der Waals surface area contributed by atoms with Crippen LogP contribution < -0.4 is 10.6 Å². The molecule has 0 saturated heterocycles. The highest BCUT2D eigenvalue weighted by Gasteiger charge is 2.24. The number of aromatic nitrogens is 2. The minimum absolute atomic E-state index is 0.0217. The summed E-state index contributed by atoms with van der Waals surface area (Å²) in [6.07, 6.45) is 1.83. The predicted molar refractivity (Wildman–Crippen MR) is 89.7 cm³/mol. The summed E-state index contributed by atoms with van der Waals surface area (Å²) in [7, 11) is 0. The van der Waals surface area contributed by atoms with E-state index in [9.17, 15) is 0 Å². The fourth-order valence-electron chi connectivity index (χ4n) is 2.20. The lowest BCUT2D eigenvalue weighted by Crippen LogP contribution is -2.23. The molecule has 0 fully saturated rings. The number of anilines is 1. The molecule has 114 valence electrons. The quantitative estimate of drug-likeness (QED) is 0.920. The van der Waals surface area contributed by atoms with Crippen molar-refractivity contribution >= 4 is 16.5 Å². The molecular weight excluding hydrogens is 280 g/mol. The first kappa shape index (κ1) is 15.9. The van der Waals surface area contributed by atoms with Crippen LogP contribution in [0.4, 0.5) is 5.13 Å². The third-order valence-electron chi connectivity index (χ3n) is 3.31. The van der Waals surface area contributed by atoms with Gasteiger partial charge in [0.15, 0.2) is 5.13 Å². The van der Waals surface area contributed by atoms with Crippen LogP contribution in [-0.2, 0) is 18.5 Å². The highest BCUT2D eigenvalue weighted by molar-refractivity contribution is 7.15. The van der Waals surface area contributed by atoms with Gasteiger partial charge in [0.1, 0.15) is 0 Å². The maximum atomic E-state index is 5.89. The summed E-state index contributed by atoms with van der Waals surface area (Å²) < 4.78 is 0. The Labute approximate surface area is 131 Å². The average molecular weight is 304 g/mol. The van der Waals surface area contributed by atoms with E-state index in [0.29, 0.717) is 6.54 Å². The maximum Gasteiger partial charge on any atom is 0.186 e. The van der Waals surface area contributed by atoms with Gasteiger partial charge in [-0.1, -0.05) is 26.8 Å². The van der Waals surface area contributed by atoms with E-state index in [1.807, 2.05) is 24.4 Å². The van der Waals surface area contributed by atoms with Gasteiger partial charge in [0.25, 0.3) is 0 Å². The zero-order valence-electron chi connectivity index (χ0n) is 13.3. The highest BCUT2D eigenvalue weighted by atomic mass is 32.1. The molecule has 2 aromatic heterocycles. The summed E-state index contributed by atoms with van der Waals surface area (Å²) in [5.74, 6) is 0. The Hall–Kier alpha value is -1.46. The number of pyridine rings is 1. The molecule has 0 radical (unpaired) electrons. The molecule has 5 heteroatoms. The molecule has 2 rings (SSSR count). The van der Waals surface area contributed by atoms with Crippen LogP contribution in [0.15, 0.2) is 24.4 Å². The van der Waals surface area contributed by atoms with E-state index < -0.39 is 0 Å². The second kappa shape index (κ2) is 6.54. The van der Waals surface area contributed by atoms with Crippen molar-refractivity contribution in [2.24, 2.45) is 5.73 Å². The minimum Gasteiger partial charge on any atom is -0.342 e. The molecule has 0 aliphatic carbocycles. The molecule has 0 bridgehead atoms. The second-order valence-electron chi connectivity index (χ2n) is 6.06. The van der Waals surface area contributed by atoms with Crippen molar-refractivity contribution in [3.8, 4) is 0 Å². The van der Waals surface area contributed by atoms with E-state index in [-0.39, 0.29) is 5.41 Å². The van der Waals surface area contributed by atoms with Gasteiger partial charge in [0.05, 0.1) is 17.9 Å². The SMILES string of the molecule is CCN(Cc1ccccn1)c1nc(C(C)(C)C)c(CN)s1. The molecule has 0 spiro atoms. The zero-order valence-corrected chi connectivity index (χ0v) is 14.1. The van der Waals surface area contributed by atoms with Gasteiger partial charge in [-0.3, -0.25) is 4.98 Å². The highest BCUT2D eigenvalue weighted by Crippen LogP contribution is 2.33. The topological polar surface area (TPSA) is 55.0 Å². The number of hydrogen-bond donors (Lipinski definition) is 1. The Morgan fingerprint density at radius 2 is 2.05 bits per heavy atom. The van der Waals surface area contributed by atoms with E-state index >= 15 is 0 Å². The number of hydrogen-bond acceptors (Lipinski definition) is 5. The average Bonchev–Trinajstić information content (AvgIpc) is 2.90. The lowest BCUT2D eigenvalue weighted by Gasteiger charge is -2.20. The molecule has 21 heavy (non-hydrogen) atoms. The summed E-state index contributed by atoms with van der Waals surface area (Å²) in [4.78, 5) is 12.7. The summed E-state index contributed by atoms with van der Waals surface area (Å²) in [6.45, 7) is 10.9. The van der Waals surface area contributed by atoms with Gasteiger partial charge >= 0.3 is 0 Å². The maximum absolute atomic E-state index is 5.89. The van der Waals surface area contributed by atoms with Crippen LogP contribution in [0.5, 0.6) is 0 Å². The summed E-state index contributed by atoms with van der Waals surface area (Å²) >= 11 is 1.70. The molecule has 0 amide bonds. The zero-order chi connectivity index (χ0) is 15.5. The van der Waals surface area contributed by atoms with E-state index in [2.05, 4.69) is 37.6 Å². The number of nitrogens with zero attached hydrogens (tertiary/aromatic N) is 3. The van der Waals surface area contributed by atoms with E-state index in [0.717, 1.165) is 29.6 Å². The number of nitrogens with two attached hydrogens (primary N) is 1. The Morgan fingerprint density at radius 3 is 2.52 bits per heavy atom. The molecule has 2 heterocycles. The van der Waals surface area contributed by atoms with E-state index in [1.165, 1.54) is 4.88 Å². The van der Waals surface area contributed by atoms with Crippen LogP contribution in [0.25, 0.3) is 0 Å². The summed E-state index contributed by atoms with van der Waals surface area (Å²) in [5, 5.41) is 1.04. The molecule has 0 aliphatic rings. The minimum atomic E-state index is 0.0217. The number of rotatable bonds is 5. The molecule has 0 atom stereocenters. The number of thiazole rings is 1. The Kier molecular flexibility index (Phi) is 4.96. The predicted octanol–water partition coefficient (Wildman–Crippen LogP) is 3.32. The monoisotopic (exact) mass is 304 g/mol. The van der Waals surface area contributed by atoms with Crippen LogP contribution in [0.1, 0.15) is 44.0 Å². The molecule has 0 aliphatic heterocycles. The molecular formula is C16H24N4S. The second-order valence-corrected chi connectivity index (χ2v) is 7.12. The van der Waals surface area contributed by atoms with Crippen LogP contribution >= 0.6 is 11.3 Å². The third-order valence-corrected chi connectivity index (χ3v) is 4.45. The van der Waals surface area contributed by atoms with Crippen molar-refractivity contribution in [1.82, 2.24) is 9.97 Å². The van der Waals surface area contributed by atoms with Gasteiger partial charge < -0.3 is 10.6 Å². The molecule has 2 N–H and O–H groups in total. The smallest absolute Gasteiger partial charge is 0.186 e. The van der Waals surface area contributed by atoms with E-state index in [4.69, 9.17) is 10.7 Å². The molecule has 2 aromatic rings. The van der Waals surface area contributed by atoms with Gasteiger partial charge in [-0.15, -0.1) is 11.3 Å². The first-order valence-corrected chi connectivity index (χ1v) is 8.12. The van der Waals surface area contributed by atoms with Gasteiger partial charge in [-0.25, -0.2) is 4.98 Å².